The van der Waals surface area contributed by atoms with Crippen LogP contribution in [0.25, 0.3) is 5.57 Å². The summed E-state index contributed by atoms with van der Waals surface area (Å²) in [7, 11) is 1.57. The number of nitrogens with zero attached hydrogens (tertiary/aromatic N) is 1. The van der Waals surface area contributed by atoms with E-state index in [-0.39, 0.29) is 5.91 Å². The van der Waals surface area contributed by atoms with E-state index in [0.717, 1.165) is 18.5 Å². The van der Waals surface area contributed by atoms with Gasteiger partial charge in [-0.1, -0.05) is 78.3 Å². The minimum atomic E-state index is -0.393. The van der Waals surface area contributed by atoms with Gasteiger partial charge in [0.2, 0.25) is 5.91 Å². The number of hydrogen-bond donors (Lipinski definition) is 1. The van der Waals surface area contributed by atoms with Gasteiger partial charge in [-0.05, 0) is 41.3 Å². The Morgan fingerprint density at radius 3 is 2.35 bits per heavy atom. The summed E-state index contributed by atoms with van der Waals surface area (Å²) < 4.78 is 5.20. The van der Waals surface area contributed by atoms with E-state index in [1.807, 2.05) is 36.4 Å². The van der Waals surface area contributed by atoms with E-state index >= 15 is 0 Å². The second kappa shape index (κ2) is 9.82. The molecule has 1 aliphatic rings. The zero-order chi connectivity index (χ0) is 21.6. The Bertz CT molecular complexity index is 1070. The van der Waals surface area contributed by atoms with Crippen molar-refractivity contribution in [3.05, 3.63) is 101 Å². The number of halogens is 1. The molecule has 0 spiro atoms. The molecule has 5 heteroatoms. The van der Waals surface area contributed by atoms with Crippen LogP contribution in [0.3, 0.4) is 0 Å². The molecule has 0 fully saturated rings. The largest absolute Gasteiger partial charge is 0.495 e. The van der Waals surface area contributed by atoms with Gasteiger partial charge in [0.05, 0.1) is 12.1 Å². The molecule has 3 aromatic carbocycles. The fraction of sp³-hybridized carbons (Fsp3) is 0.192. The van der Waals surface area contributed by atoms with Crippen molar-refractivity contribution in [1.29, 1.82) is 0 Å². The molecular formula is C26H25ClN2O2. The number of methoxy groups -OCH3 is 1. The van der Waals surface area contributed by atoms with Crippen molar-refractivity contribution < 1.29 is 9.53 Å². The molecule has 0 bridgehead atoms. The van der Waals surface area contributed by atoms with Crippen molar-refractivity contribution in [2.45, 2.75) is 12.5 Å². The summed E-state index contributed by atoms with van der Waals surface area (Å²) in [6.45, 7) is 1.51. The molecule has 1 atom stereocenters. The van der Waals surface area contributed by atoms with Crippen LogP contribution in [0.5, 0.6) is 5.75 Å². The van der Waals surface area contributed by atoms with Crippen molar-refractivity contribution in [2.75, 3.05) is 25.5 Å². The van der Waals surface area contributed by atoms with Gasteiger partial charge in [-0.15, -0.1) is 0 Å². The highest BCUT2D eigenvalue weighted by Crippen LogP contribution is 2.31. The Morgan fingerprint density at radius 2 is 1.74 bits per heavy atom. The fourth-order valence-electron chi connectivity index (χ4n) is 3.95. The maximum absolute atomic E-state index is 13.4. The molecule has 1 heterocycles. The Hall–Kier alpha value is -3.08. The molecule has 0 saturated heterocycles. The number of benzene rings is 3. The minimum absolute atomic E-state index is 0.0796. The first-order chi connectivity index (χ1) is 15.2. The Balaban J connectivity index is 1.56. The fourth-order valence-corrected chi connectivity index (χ4v) is 4.21. The molecule has 31 heavy (non-hydrogen) atoms. The molecule has 158 valence electrons. The Kier molecular flexibility index (Phi) is 6.70. The molecule has 1 amide bonds. The van der Waals surface area contributed by atoms with E-state index in [4.69, 9.17) is 16.3 Å². The first-order valence-electron chi connectivity index (χ1n) is 10.3. The topological polar surface area (TPSA) is 41.6 Å². The monoisotopic (exact) mass is 432 g/mol. The number of ether oxygens (including phenoxy) is 1. The molecular weight excluding hydrogens is 408 g/mol. The lowest BCUT2D eigenvalue weighted by Crippen LogP contribution is -2.39. The first kappa shape index (κ1) is 21.2. The number of carbonyl (C=O) groups excluding carboxylic acids is 1. The van der Waals surface area contributed by atoms with Gasteiger partial charge in [0.1, 0.15) is 11.8 Å². The first-order valence-corrected chi connectivity index (χ1v) is 10.7. The SMILES string of the molecule is COc1ccc(NC(=O)C(c2ccccc2)N2CC=C(c3ccccc3)CC2)cc1Cl. The van der Waals surface area contributed by atoms with Crippen molar-refractivity contribution in [1.82, 2.24) is 4.90 Å². The number of hydrogen-bond acceptors (Lipinski definition) is 3. The second-order valence-corrected chi connectivity index (χ2v) is 7.90. The lowest BCUT2D eigenvalue weighted by Gasteiger charge is -2.33. The van der Waals surface area contributed by atoms with Gasteiger partial charge in [-0.3, -0.25) is 9.69 Å². The predicted molar refractivity (Wildman–Crippen MR) is 126 cm³/mol. The number of carbonyl (C=O) groups is 1. The van der Waals surface area contributed by atoms with Gasteiger partial charge in [0.25, 0.3) is 0 Å². The van der Waals surface area contributed by atoms with Gasteiger partial charge in [-0.2, -0.15) is 0 Å². The third kappa shape index (κ3) is 4.98. The van der Waals surface area contributed by atoms with Crippen LogP contribution in [0.1, 0.15) is 23.6 Å². The van der Waals surface area contributed by atoms with E-state index in [1.54, 1.807) is 25.3 Å². The predicted octanol–water partition coefficient (Wildman–Crippen LogP) is 5.82. The minimum Gasteiger partial charge on any atom is -0.495 e. The molecule has 1 aliphatic heterocycles. The molecule has 1 unspecified atom stereocenters. The molecule has 0 saturated carbocycles. The summed E-state index contributed by atoms with van der Waals surface area (Å²) in [5.41, 5.74) is 4.19. The summed E-state index contributed by atoms with van der Waals surface area (Å²) in [6, 6.07) is 25.2. The smallest absolute Gasteiger partial charge is 0.246 e. The highest BCUT2D eigenvalue weighted by molar-refractivity contribution is 6.32. The molecule has 4 rings (SSSR count). The molecule has 0 radical (unpaired) electrons. The van der Waals surface area contributed by atoms with E-state index < -0.39 is 6.04 Å². The quantitative estimate of drug-likeness (QED) is 0.533. The van der Waals surface area contributed by atoms with Crippen LogP contribution in [0, 0.1) is 0 Å². The lowest BCUT2D eigenvalue weighted by atomic mass is 9.96. The molecule has 1 N–H and O–H groups in total. The normalized spacial score (nSPS) is 15.1. The summed E-state index contributed by atoms with van der Waals surface area (Å²) in [5, 5.41) is 3.49. The van der Waals surface area contributed by atoms with Crippen LogP contribution >= 0.6 is 11.6 Å². The van der Waals surface area contributed by atoms with Gasteiger partial charge in [0, 0.05) is 18.8 Å². The van der Waals surface area contributed by atoms with Crippen LogP contribution in [0.15, 0.2) is 84.9 Å². The molecule has 0 aliphatic carbocycles. The van der Waals surface area contributed by atoms with Crippen molar-refractivity contribution in [3.63, 3.8) is 0 Å². The van der Waals surface area contributed by atoms with E-state index in [1.165, 1.54) is 11.1 Å². The van der Waals surface area contributed by atoms with Crippen molar-refractivity contribution in [3.8, 4) is 5.75 Å². The number of rotatable bonds is 6. The second-order valence-electron chi connectivity index (χ2n) is 7.49. The third-order valence-electron chi connectivity index (χ3n) is 5.53. The summed E-state index contributed by atoms with van der Waals surface area (Å²) in [6.07, 6.45) is 3.13. The molecule has 0 aromatic heterocycles. The van der Waals surface area contributed by atoms with Gasteiger partial charge >= 0.3 is 0 Å². The van der Waals surface area contributed by atoms with Crippen LogP contribution < -0.4 is 10.1 Å². The number of anilines is 1. The third-order valence-corrected chi connectivity index (χ3v) is 5.83. The zero-order valence-electron chi connectivity index (χ0n) is 17.4. The van der Waals surface area contributed by atoms with Gasteiger partial charge < -0.3 is 10.1 Å². The van der Waals surface area contributed by atoms with Crippen LogP contribution in [-0.4, -0.2) is 31.0 Å². The number of nitrogens with one attached hydrogen (secondary N) is 1. The lowest BCUT2D eigenvalue weighted by molar-refractivity contribution is -0.121. The molecule has 4 nitrogen and oxygen atoms in total. The van der Waals surface area contributed by atoms with Crippen molar-refractivity contribution in [2.24, 2.45) is 0 Å². The van der Waals surface area contributed by atoms with Crippen molar-refractivity contribution >= 4 is 28.8 Å². The summed E-state index contributed by atoms with van der Waals surface area (Å²) in [5.74, 6) is 0.498. The average molecular weight is 433 g/mol. The van der Waals surface area contributed by atoms with Gasteiger partial charge in [0.15, 0.2) is 0 Å². The zero-order valence-corrected chi connectivity index (χ0v) is 18.2. The average Bonchev–Trinajstić information content (AvgIpc) is 2.81. The van der Waals surface area contributed by atoms with Crippen LogP contribution in [-0.2, 0) is 4.79 Å². The summed E-state index contributed by atoms with van der Waals surface area (Å²) in [4.78, 5) is 15.6. The van der Waals surface area contributed by atoms with E-state index in [9.17, 15) is 4.79 Å². The maximum Gasteiger partial charge on any atom is 0.246 e. The summed E-state index contributed by atoms with van der Waals surface area (Å²) >= 11 is 6.24. The van der Waals surface area contributed by atoms with E-state index in [0.29, 0.717) is 23.0 Å². The standard InChI is InChI=1S/C26H25ClN2O2/c1-31-24-13-12-22(18-23(24)27)28-26(30)25(21-10-6-3-7-11-21)29-16-14-20(15-17-29)19-8-4-2-5-9-19/h2-14,18,25H,15-17H2,1H3,(H,28,30). The highest BCUT2D eigenvalue weighted by Gasteiger charge is 2.29. The highest BCUT2D eigenvalue weighted by atomic mass is 35.5. The van der Waals surface area contributed by atoms with E-state index in [2.05, 4.69) is 40.6 Å². The van der Waals surface area contributed by atoms with Crippen LogP contribution in [0.2, 0.25) is 5.02 Å². The molecule has 3 aromatic rings. The Labute approximate surface area is 188 Å². The Morgan fingerprint density at radius 1 is 1.03 bits per heavy atom. The van der Waals surface area contributed by atoms with Crippen LogP contribution in [0.4, 0.5) is 5.69 Å². The maximum atomic E-state index is 13.4. The van der Waals surface area contributed by atoms with Gasteiger partial charge in [-0.25, -0.2) is 0 Å². The number of amides is 1.